The predicted octanol–water partition coefficient (Wildman–Crippen LogP) is -5.25. The Labute approximate surface area is 139 Å². The van der Waals surface area contributed by atoms with E-state index in [1.807, 2.05) is 6.07 Å². The van der Waals surface area contributed by atoms with Crippen LogP contribution in [0, 0.1) is 0 Å². The molecule has 1 heterocycles. The van der Waals surface area contributed by atoms with Crippen molar-refractivity contribution in [2.75, 3.05) is 40.3 Å². The fraction of sp³-hybridized carbons (Fsp3) is 0.571. The lowest BCUT2D eigenvalue weighted by atomic mass is 10.3. The normalized spacial score (nSPS) is 9.67. The molecule has 0 aromatic carbocycles. The molecule has 5 nitrogen and oxygen atoms in total. The summed E-state index contributed by atoms with van der Waals surface area (Å²) in [7, 11) is 4.15. The van der Waals surface area contributed by atoms with Crippen molar-refractivity contribution in [1.29, 1.82) is 0 Å². The molecule has 1 aromatic rings. The number of rotatable bonds is 9. The minimum atomic E-state index is -0.104. The Balaban J connectivity index is 0. The molecule has 0 bridgehead atoms. The molecule has 0 aliphatic rings. The summed E-state index contributed by atoms with van der Waals surface area (Å²) in [5.74, 6) is -0.104. The zero-order chi connectivity index (χ0) is 13.9. The molecular formula is C14H24Cl2N4O-2. The Hall–Kier alpha value is -0.880. The number of carbonyl (C=O) groups excluding carboxylic acids is 1. The van der Waals surface area contributed by atoms with E-state index < -0.39 is 0 Å². The highest BCUT2D eigenvalue weighted by molar-refractivity contribution is 5.92. The fourth-order valence-corrected chi connectivity index (χ4v) is 1.65. The first-order valence-electron chi connectivity index (χ1n) is 6.75. The van der Waals surface area contributed by atoms with Crippen LogP contribution in [-0.4, -0.2) is 56.1 Å². The summed E-state index contributed by atoms with van der Waals surface area (Å²) in [6.45, 7) is 3.72. The third kappa shape index (κ3) is 11.5. The molecule has 0 fully saturated rings. The van der Waals surface area contributed by atoms with Crippen LogP contribution in [0.2, 0.25) is 0 Å². The van der Waals surface area contributed by atoms with Crippen LogP contribution in [0.3, 0.4) is 0 Å². The van der Waals surface area contributed by atoms with Gasteiger partial charge < -0.3 is 40.3 Å². The van der Waals surface area contributed by atoms with E-state index in [-0.39, 0.29) is 30.7 Å². The number of pyridine rings is 1. The van der Waals surface area contributed by atoms with Gasteiger partial charge in [-0.05, 0) is 58.7 Å². The molecule has 1 rings (SSSR count). The third-order valence-electron chi connectivity index (χ3n) is 2.67. The van der Waals surface area contributed by atoms with E-state index in [1.165, 1.54) is 0 Å². The van der Waals surface area contributed by atoms with E-state index in [0.717, 1.165) is 32.5 Å². The lowest BCUT2D eigenvalue weighted by Crippen LogP contribution is -3.00. The second kappa shape index (κ2) is 14.1. The van der Waals surface area contributed by atoms with E-state index in [2.05, 4.69) is 34.6 Å². The maximum atomic E-state index is 11.7. The SMILES string of the molecule is CN(C)CCCNCCCNC(=O)c1ccccn1.[Cl-].[Cl-]. The molecular weight excluding hydrogens is 311 g/mol. The van der Waals surface area contributed by atoms with Crippen molar-refractivity contribution >= 4 is 5.91 Å². The Bertz CT molecular complexity index is 363. The molecule has 0 aliphatic heterocycles. The van der Waals surface area contributed by atoms with Crippen LogP contribution >= 0.6 is 0 Å². The van der Waals surface area contributed by atoms with Crippen molar-refractivity contribution in [3.8, 4) is 0 Å². The van der Waals surface area contributed by atoms with Gasteiger partial charge in [-0.25, -0.2) is 0 Å². The zero-order valence-corrected chi connectivity index (χ0v) is 14.1. The Morgan fingerprint density at radius 3 is 2.48 bits per heavy atom. The van der Waals surface area contributed by atoms with E-state index in [9.17, 15) is 4.79 Å². The lowest BCUT2D eigenvalue weighted by Gasteiger charge is -2.10. The second-order valence-corrected chi connectivity index (χ2v) is 4.73. The molecule has 0 spiro atoms. The Kier molecular flexibility index (Phi) is 15.0. The summed E-state index contributed by atoms with van der Waals surface area (Å²) in [6, 6.07) is 5.33. The van der Waals surface area contributed by atoms with Crippen molar-refractivity contribution in [3.05, 3.63) is 30.1 Å². The fourth-order valence-electron chi connectivity index (χ4n) is 1.65. The van der Waals surface area contributed by atoms with Crippen LogP contribution in [0.5, 0.6) is 0 Å². The van der Waals surface area contributed by atoms with Gasteiger partial charge in [-0.15, -0.1) is 0 Å². The topological polar surface area (TPSA) is 57.3 Å². The molecule has 0 saturated heterocycles. The van der Waals surface area contributed by atoms with Crippen molar-refractivity contribution in [2.45, 2.75) is 12.8 Å². The molecule has 7 heteroatoms. The summed E-state index contributed by atoms with van der Waals surface area (Å²) >= 11 is 0. The van der Waals surface area contributed by atoms with Gasteiger partial charge in [0.1, 0.15) is 5.69 Å². The third-order valence-corrected chi connectivity index (χ3v) is 2.67. The maximum absolute atomic E-state index is 11.7. The van der Waals surface area contributed by atoms with E-state index in [1.54, 1.807) is 18.3 Å². The Morgan fingerprint density at radius 1 is 1.14 bits per heavy atom. The van der Waals surface area contributed by atoms with Crippen LogP contribution in [0.25, 0.3) is 0 Å². The van der Waals surface area contributed by atoms with Gasteiger partial charge in [0.25, 0.3) is 5.91 Å². The number of hydrogen-bond donors (Lipinski definition) is 2. The highest BCUT2D eigenvalue weighted by Crippen LogP contribution is 1.92. The molecule has 0 radical (unpaired) electrons. The van der Waals surface area contributed by atoms with Gasteiger partial charge in [0.15, 0.2) is 0 Å². The standard InChI is InChI=1S/C14H24N4O.2ClH/c1-18(2)12-6-9-15-8-5-11-17-14(19)13-7-3-4-10-16-13;;/h3-4,7,10,15H,5-6,8-9,11-12H2,1-2H3,(H,17,19);2*1H/p-2. The molecule has 0 aliphatic carbocycles. The second-order valence-electron chi connectivity index (χ2n) is 4.73. The molecule has 0 saturated carbocycles. The van der Waals surface area contributed by atoms with E-state index in [4.69, 9.17) is 0 Å². The number of nitrogens with zero attached hydrogens (tertiary/aromatic N) is 2. The summed E-state index contributed by atoms with van der Waals surface area (Å²) < 4.78 is 0. The number of amides is 1. The molecule has 2 N–H and O–H groups in total. The number of nitrogens with one attached hydrogen (secondary N) is 2. The molecule has 1 aromatic heterocycles. The summed E-state index contributed by atoms with van der Waals surface area (Å²) in [6.07, 6.45) is 3.70. The van der Waals surface area contributed by atoms with Gasteiger partial charge in [0, 0.05) is 12.7 Å². The summed E-state index contributed by atoms with van der Waals surface area (Å²) in [4.78, 5) is 17.8. The van der Waals surface area contributed by atoms with Gasteiger partial charge in [0.2, 0.25) is 0 Å². The first kappa shape index (κ1) is 22.4. The minimum absolute atomic E-state index is 0. The average molecular weight is 335 g/mol. The van der Waals surface area contributed by atoms with Crippen molar-refractivity contribution in [3.63, 3.8) is 0 Å². The highest BCUT2D eigenvalue weighted by atomic mass is 35.5. The number of aromatic nitrogens is 1. The highest BCUT2D eigenvalue weighted by Gasteiger charge is 2.03. The molecule has 0 unspecified atom stereocenters. The molecule has 0 atom stereocenters. The molecule has 21 heavy (non-hydrogen) atoms. The first-order valence-corrected chi connectivity index (χ1v) is 6.75. The summed E-state index contributed by atoms with van der Waals surface area (Å²) in [5.41, 5.74) is 0.474. The van der Waals surface area contributed by atoms with E-state index in [0.29, 0.717) is 12.2 Å². The summed E-state index contributed by atoms with van der Waals surface area (Å²) in [5, 5.41) is 6.22. The van der Waals surface area contributed by atoms with Crippen LogP contribution < -0.4 is 35.4 Å². The zero-order valence-electron chi connectivity index (χ0n) is 12.6. The monoisotopic (exact) mass is 334 g/mol. The number of hydrogen-bond acceptors (Lipinski definition) is 4. The number of carbonyl (C=O) groups is 1. The minimum Gasteiger partial charge on any atom is -1.00 e. The van der Waals surface area contributed by atoms with Gasteiger partial charge >= 0.3 is 0 Å². The lowest BCUT2D eigenvalue weighted by molar-refractivity contribution is -0.00100. The van der Waals surface area contributed by atoms with Crippen molar-refractivity contribution in [2.24, 2.45) is 0 Å². The predicted molar refractivity (Wildman–Crippen MR) is 77.2 cm³/mol. The quantitative estimate of drug-likeness (QED) is 0.443. The largest absolute Gasteiger partial charge is 1.00 e. The van der Waals surface area contributed by atoms with Crippen molar-refractivity contribution < 1.29 is 29.6 Å². The van der Waals surface area contributed by atoms with Crippen LogP contribution in [0.1, 0.15) is 23.3 Å². The van der Waals surface area contributed by atoms with Gasteiger partial charge in [-0.2, -0.15) is 0 Å². The average Bonchev–Trinajstić information content (AvgIpc) is 2.42. The van der Waals surface area contributed by atoms with Crippen LogP contribution in [0.4, 0.5) is 0 Å². The maximum Gasteiger partial charge on any atom is 0.269 e. The van der Waals surface area contributed by atoms with Crippen LogP contribution in [-0.2, 0) is 0 Å². The van der Waals surface area contributed by atoms with Crippen LogP contribution in [0.15, 0.2) is 24.4 Å². The smallest absolute Gasteiger partial charge is 0.269 e. The van der Waals surface area contributed by atoms with Gasteiger partial charge in [0.05, 0.1) is 0 Å². The van der Waals surface area contributed by atoms with Gasteiger partial charge in [-0.1, -0.05) is 6.07 Å². The van der Waals surface area contributed by atoms with Gasteiger partial charge in [-0.3, -0.25) is 9.78 Å². The first-order chi connectivity index (χ1) is 9.20. The number of halogens is 2. The van der Waals surface area contributed by atoms with Crippen molar-refractivity contribution in [1.82, 2.24) is 20.5 Å². The molecule has 122 valence electrons. The van der Waals surface area contributed by atoms with E-state index >= 15 is 0 Å². The Morgan fingerprint density at radius 2 is 1.86 bits per heavy atom. The molecule has 1 amide bonds.